The highest BCUT2D eigenvalue weighted by Crippen LogP contribution is 2.25. The molecule has 0 saturated carbocycles. The minimum atomic E-state index is -0.0379. The Morgan fingerprint density at radius 2 is 1.90 bits per heavy atom. The van der Waals surface area contributed by atoms with Gasteiger partial charge < -0.3 is 10.6 Å². The quantitative estimate of drug-likeness (QED) is 0.854. The lowest BCUT2D eigenvalue weighted by Gasteiger charge is -2.29. The molecule has 0 aliphatic carbocycles. The van der Waals surface area contributed by atoms with Gasteiger partial charge in [-0.1, -0.05) is 39.8 Å². The normalized spacial score (nSPS) is 14.7. The van der Waals surface area contributed by atoms with E-state index in [1.54, 1.807) is 0 Å². The predicted octanol–water partition coefficient (Wildman–Crippen LogP) is 3.98. The third-order valence-corrected chi connectivity index (χ3v) is 3.92. The smallest absolute Gasteiger partial charge is 0.221 e. The van der Waals surface area contributed by atoms with Crippen molar-refractivity contribution >= 4 is 11.6 Å². The van der Waals surface area contributed by atoms with Gasteiger partial charge in [-0.15, -0.1) is 0 Å². The molecule has 0 aliphatic rings. The number of anilines is 1. The van der Waals surface area contributed by atoms with Gasteiger partial charge in [0.1, 0.15) is 0 Å². The van der Waals surface area contributed by atoms with Gasteiger partial charge in [-0.05, 0) is 42.5 Å². The standard InChI is InChI=1S/C17H28N2O/c1-12(17(4,5)6)11-18-13(2)15-8-7-9-16(10-15)19-14(3)20/h7-10,12-13,18H,11H2,1-6H3,(H,19,20). The van der Waals surface area contributed by atoms with Gasteiger partial charge in [0.15, 0.2) is 0 Å². The van der Waals surface area contributed by atoms with E-state index in [4.69, 9.17) is 0 Å². The molecular weight excluding hydrogens is 248 g/mol. The number of benzene rings is 1. The first-order chi connectivity index (χ1) is 9.20. The van der Waals surface area contributed by atoms with E-state index in [0.29, 0.717) is 11.3 Å². The lowest BCUT2D eigenvalue weighted by Crippen LogP contribution is -2.31. The molecule has 3 heteroatoms. The molecule has 0 fully saturated rings. The summed E-state index contributed by atoms with van der Waals surface area (Å²) in [6.07, 6.45) is 0. The maximum atomic E-state index is 11.1. The van der Waals surface area contributed by atoms with Crippen LogP contribution in [0.2, 0.25) is 0 Å². The molecule has 0 radical (unpaired) electrons. The second kappa shape index (κ2) is 6.89. The van der Waals surface area contributed by atoms with Crippen molar-refractivity contribution in [2.24, 2.45) is 11.3 Å². The van der Waals surface area contributed by atoms with Gasteiger partial charge >= 0.3 is 0 Å². The number of hydrogen-bond acceptors (Lipinski definition) is 2. The zero-order chi connectivity index (χ0) is 15.3. The third-order valence-electron chi connectivity index (χ3n) is 3.92. The van der Waals surface area contributed by atoms with Crippen LogP contribution in [0.15, 0.2) is 24.3 Å². The van der Waals surface area contributed by atoms with Gasteiger partial charge in [0.05, 0.1) is 0 Å². The van der Waals surface area contributed by atoms with Gasteiger partial charge in [0, 0.05) is 18.7 Å². The van der Waals surface area contributed by atoms with Crippen molar-refractivity contribution in [2.75, 3.05) is 11.9 Å². The van der Waals surface area contributed by atoms with Crippen molar-refractivity contribution in [1.82, 2.24) is 5.32 Å². The fourth-order valence-corrected chi connectivity index (χ4v) is 1.87. The van der Waals surface area contributed by atoms with E-state index in [2.05, 4.69) is 51.3 Å². The van der Waals surface area contributed by atoms with Crippen LogP contribution in [0.3, 0.4) is 0 Å². The second-order valence-electron chi connectivity index (χ2n) is 6.70. The zero-order valence-corrected chi connectivity index (χ0v) is 13.6. The molecule has 0 bridgehead atoms. The number of amides is 1. The van der Waals surface area contributed by atoms with Crippen molar-refractivity contribution in [3.8, 4) is 0 Å². The number of nitrogens with one attached hydrogen (secondary N) is 2. The number of carbonyl (C=O) groups excluding carboxylic acids is 1. The Labute approximate surface area is 123 Å². The van der Waals surface area contributed by atoms with Gasteiger partial charge in [-0.2, -0.15) is 0 Å². The SMILES string of the molecule is CC(=O)Nc1cccc(C(C)NCC(C)C(C)(C)C)c1. The first kappa shape index (κ1) is 16.7. The fraction of sp³-hybridized carbons (Fsp3) is 0.588. The van der Waals surface area contributed by atoms with Crippen LogP contribution in [0.1, 0.15) is 53.1 Å². The molecule has 0 aromatic heterocycles. The van der Waals surface area contributed by atoms with Crippen LogP contribution in [0.25, 0.3) is 0 Å². The van der Waals surface area contributed by atoms with Crippen LogP contribution in [-0.2, 0) is 4.79 Å². The van der Waals surface area contributed by atoms with Gasteiger partial charge in [0.2, 0.25) is 5.91 Å². The topological polar surface area (TPSA) is 41.1 Å². The van der Waals surface area contributed by atoms with Crippen molar-refractivity contribution < 1.29 is 4.79 Å². The molecule has 2 unspecified atom stereocenters. The summed E-state index contributed by atoms with van der Waals surface area (Å²) < 4.78 is 0. The Balaban J connectivity index is 2.63. The molecule has 3 nitrogen and oxygen atoms in total. The van der Waals surface area contributed by atoms with Crippen molar-refractivity contribution in [1.29, 1.82) is 0 Å². The number of carbonyl (C=O) groups is 1. The Morgan fingerprint density at radius 1 is 1.25 bits per heavy atom. The summed E-state index contributed by atoms with van der Waals surface area (Å²) in [6, 6.07) is 8.28. The minimum Gasteiger partial charge on any atom is -0.326 e. The average Bonchev–Trinajstić information content (AvgIpc) is 2.33. The second-order valence-corrected chi connectivity index (χ2v) is 6.70. The summed E-state index contributed by atoms with van der Waals surface area (Å²) in [7, 11) is 0. The Kier molecular flexibility index (Phi) is 5.75. The van der Waals surface area contributed by atoms with Crippen LogP contribution >= 0.6 is 0 Å². The molecule has 0 saturated heterocycles. The third kappa shape index (κ3) is 5.33. The summed E-state index contributed by atoms with van der Waals surface area (Å²) in [6.45, 7) is 13.7. The molecule has 0 heterocycles. The van der Waals surface area contributed by atoms with Crippen LogP contribution in [0.5, 0.6) is 0 Å². The maximum Gasteiger partial charge on any atom is 0.221 e. The molecule has 1 aromatic rings. The highest BCUT2D eigenvalue weighted by Gasteiger charge is 2.20. The van der Waals surface area contributed by atoms with E-state index in [9.17, 15) is 4.79 Å². The van der Waals surface area contributed by atoms with Gasteiger partial charge in [-0.25, -0.2) is 0 Å². The molecule has 1 rings (SSSR count). The van der Waals surface area contributed by atoms with E-state index in [1.807, 2.05) is 18.2 Å². The van der Waals surface area contributed by atoms with E-state index in [-0.39, 0.29) is 11.9 Å². The monoisotopic (exact) mass is 276 g/mol. The van der Waals surface area contributed by atoms with Gasteiger partial charge in [-0.3, -0.25) is 4.79 Å². The Bertz CT molecular complexity index is 449. The first-order valence-electron chi connectivity index (χ1n) is 7.31. The van der Waals surface area contributed by atoms with Crippen LogP contribution in [0.4, 0.5) is 5.69 Å². The van der Waals surface area contributed by atoms with Crippen molar-refractivity contribution in [3.63, 3.8) is 0 Å². The molecule has 2 N–H and O–H groups in total. The first-order valence-corrected chi connectivity index (χ1v) is 7.31. The van der Waals surface area contributed by atoms with E-state index < -0.39 is 0 Å². The number of hydrogen-bond donors (Lipinski definition) is 2. The zero-order valence-electron chi connectivity index (χ0n) is 13.6. The van der Waals surface area contributed by atoms with E-state index in [0.717, 1.165) is 12.2 Å². The molecule has 1 amide bonds. The van der Waals surface area contributed by atoms with E-state index >= 15 is 0 Å². The molecule has 2 atom stereocenters. The molecule has 1 aromatic carbocycles. The van der Waals surface area contributed by atoms with E-state index in [1.165, 1.54) is 12.5 Å². The van der Waals surface area contributed by atoms with Gasteiger partial charge in [0.25, 0.3) is 0 Å². The lowest BCUT2D eigenvalue weighted by atomic mass is 9.82. The Morgan fingerprint density at radius 3 is 2.45 bits per heavy atom. The highest BCUT2D eigenvalue weighted by molar-refractivity contribution is 5.88. The fourth-order valence-electron chi connectivity index (χ4n) is 1.87. The molecule has 0 aliphatic heterocycles. The summed E-state index contributed by atoms with van der Waals surface area (Å²) in [5.41, 5.74) is 2.36. The van der Waals surface area contributed by atoms with Crippen LogP contribution in [0, 0.1) is 11.3 Å². The summed E-state index contributed by atoms with van der Waals surface area (Å²) in [5, 5.41) is 6.40. The molecule has 20 heavy (non-hydrogen) atoms. The Hall–Kier alpha value is -1.35. The van der Waals surface area contributed by atoms with Crippen molar-refractivity contribution in [2.45, 2.75) is 47.6 Å². The summed E-state index contributed by atoms with van der Waals surface area (Å²) in [5.74, 6) is 0.563. The molecular formula is C17H28N2O. The maximum absolute atomic E-state index is 11.1. The van der Waals surface area contributed by atoms with Crippen LogP contribution in [-0.4, -0.2) is 12.5 Å². The number of rotatable bonds is 5. The predicted molar refractivity (Wildman–Crippen MR) is 85.8 cm³/mol. The summed E-state index contributed by atoms with van der Waals surface area (Å²) >= 11 is 0. The summed E-state index contributed by atoms with van der Waals surface area (Å²) in [4.78, 5) is 11.1. The van der Waals surface area contributed by atoms with Crippen molar-refractivity contribution in [3.05, 3.63) is 29.8 Å². The average molecular weight is 276 g/mol. The highest BCUT2D eigenvalue weighted by atomic mass is 16.1. The van der Waals surface area contributed by atoms with Crippen LogP contribution < -0.4 is 10.6 Å². The lowest BCUT2D eigenvalue weighted by molar-refractivity contribution is -0.114. The molecule has 112 valence electrons. The molecule has 0 spiro atoms. The minimum absolute atomic E-state index is 0.0379. The largest absolute Gasteiger partial charge is 0.326 e.